The number of thioether (sulfide) groups is 1. The predicted molar refractivity (Wildman–Crippen MR) is 164 cm³/mol. The number of carboxylic acids is 2. The molecule has 0 aromatic carbocycles. The van der Waals surface area contributed by atoms with E-state index in [1.807, 2.05) is 0 Å². The highest BCUT2D eigenvalue weighted by atomic mass is 32.2. The number of H-pyrrole nitrogens is 1. The summed E-state index contributed by atoms with van der Waals surface area (Å²) in [5.74, 6) is -6.14. The summed E-state index contributed by atoms with van der Waals surface area (Å²) < 4.78 is 5.47. The van der Waals surface area contributed by atoms with Gasteiger partial charge in [-0.3, -0.25) is 24.1 Å². The Morgan fingerprint density at radius 3 is 2.71 bits per heavy atom. The lowest BCUT2D eigenvalue weighted by atomic mass is 10.0. The van der Waals surface area contributed by atoms with E-state index in [4.69, 9.17) is 10.6 Å². The van der Waals surface area contributed by atoms with Gasteiger partial charge in [0, 0.05) is 41.2 Å². The van der Waals surface area contributed by atoms with Gasteiger partial charge in [0.05, 0.1) is 11.7 Å². The molecule has 1 saturated heterocycles. The number of carboxylic acid groups (broad SMARTS) is 2. The Morgan fingerprint density at radius 2 is 2.06 bits per heavy atom. The fourth-order valence-corrected chi connectivity index (χ4v) is 6.19. The molecule has 21 heteroatoms. The number of aromatic nitrogens is 4. The summed E-state index contributed by atoms with van der Waals surface area (Å²) >= 11 is 1.91. The van der Waals surface area contributed by atoms with Crippen molar-refractivity contribution in [2.45, 2.75) is 37.4 Å². The van der Waals surface area contributed by atoms with Gasteiger partial charge in [0.1, 0.15) is 22.8 Å². The quantitative estimate of drug-likeness (QED) is 0.0533. The number of nitrogen functional groups attached to an aromatic ring is 1. The molecule has 7 N–H and O–H groups in total. The van der Waals surface area contributed by atoms with Gasteiger partial charge >= 0.3 is 5.97 Å². The molecule has 250 valence electrons. The van der Waals surface area contributed by atoms with Crippen molar-refractivity contribution in [2.24, 2.45) is 5.16 Å². The van der Waals surface area contributed by atoms with E-state index in [0.717, 1.165) is 28.7 Å². The highest BCUT2D eigenvalue weighted by Crippen LogP contribution is 2.40. The van der Waals surface area contributed by atoms with Crippen LogP contribution < -0.4 is 31.5 Å². The van der Waals surface area contributed by atoms with Crippen molar-refractivity contribution in [3.05, 3.63) is 69.8 Å². The first-order valence-corrected chi connectivity index (χ1v) is 15.5. The SMILES string of the molecule is CC(C)(ON=C(C(=O)N[C@@H]1C(=O)N2C(C(=O)[O-])=C(C[n+]3cccc(NC(=O)c4cc(=O)c(O)c[nH]4)c3)CS[C@@H]12)c1nsc(N)n1)C(=O)O. The Hall–Kier alpha value is -5.83. The number of fused-ring (bicyclic) bond motifs is 1. The van der Waals surface area contributed by atoms with Crippen LogP contribution in [0.3, 0.4) is 0 Å². The monoisotopic (exact) mass is 699 g/mol. The van der Waals surface area contributed by atoms with Gasteiger partial charge in [-0.25, -0.2) is 4.79 Å². The third-order valence-electron chi connectivity index (χ3n) is 6.90. The van der Waals surface area contributed by atoms with Gasteiger partial charge in [-0.1, -0.05) is 5.16 Å². The zero-order valence-electron chi connectivity index (χ0n) is 24.8. The van der Waals surface area contributed by atoms with Crippen molar-refractivity contribution in [2.75, 3.05) is 16.8 Å². The molecule has 3 aromatic heterocycles. The Balaban J connectivity index is 1.32. The number of oxime groups is 1. The summed E-state index contributed by atoms with van der Waals surface area (Å²) in [5.41, 5.74) is 2.59. The Kier molecular flexibility index (Phi) is 9.16. The Morgan fingerprint density at radius 1 is 1.31 bits per heavy atom. The number of aromatic hydroxyl groups is 1. The van der Waals surface area contributed by atoms with Crippen LogP contribution in [0.5, 0.6) is 5.75 Å². The van der Waals surface area contributed by atoms with E-state index in [2.05, 4.69) is 30.1 Å². The van der Waals surface area contributed by atoms with Crippen LogP contribution in [0.25, 0.3) is 0 Å². The normalized spacial score (nSPS) is 17.7. The highest BCUT2D eigenvalue weighted by Gasteiger charge is 2.53. The Labute approximate surface area is 277 Å². The van der Waals surface area contributed by atoms with E-state index < -0.39 is 63.6 Å². The van der Waals surface area contributed by atoms with Crippen LogP contribution in [-0.4, -0.2) is 87.6 Å². The molecule has 0 radical (unpaired) electrons. The summed E-state index contributed by atoms with van der Waals surface area (Å²) in [7, 11) is 0. The number of amides is 3. The minimum Gasteiger partial charge on any atom is -0.543 e. The Bertz CT molecular complexity index is 1970. The van der Waals surface area contributed by atoms with E-state index in [1.165, 1.54) is 31.8 Å². The second-order valence-electron chi connectivity index (χ2n) is 10.7. The van der Waals surface area contributed by atoms with Crippen LogP contribution in [0.1, 0.15) is 30.2 Å². The topological polar surface area (TPSA) is 286 Å². The van der Waals surface area contributed by atoms with E-state index in [1.54, 1.807) is 22.9 Å². The van der Waals surface area contributed by atoms with Gasteiger partial charge < -0.3 is 46.3 Å². The molecule has 2 aliphatic rings. The first-order chi connectivity index (χ1) is 22.7. The first-order valence-electron chi connectivity index (χ1n) is 13.7. The molecule has 3 amide bonds. The van der Waals surface area contributed by atoms with Crippen LogP contribution >= 0.6 is 23.3 Å². The van der Waals surface area contributed by atoms with E-state index >= 15 is 0 Å². The lowest BCUT2D eigenvalue weighted by Crippen LogP contribution is -2.71. The maximum Gasteiger partial charge on any atom is 0.350 e. The summed E-state index contributed by atoms with van der Waals surface area (Å²) in [6, 6.07) is 2.87. The summed E-state index contributed by atoms with van der Waals surface area (Å²) in [6.07, 6.45) is 4.08. The fraction of sp³-hybridized carbons (Fsp3) is 0.259. The number of carbonyl (C=O) groups is 5. The molecule has 0 spiro atoms. The number of nitrogens with zero attached hydrogens (tertiary/aromatic N) is 5. The lowest BCUT2D eigenvalue weighted by molar-refractivity contribution is -0.688. The predicted octanol–water partition coefficient (Wildman–Crippen LogP) is -2.26. The lowest BCUT2D eigenvalue weighted by Gasteiger charge is -2.50. The number of carbonyl (C=O) groups excluding carboxylic acids is 4. The summed E-state index contributed by atoms with van der Waals surface area (Å²) in [6.45, 7) is 2.37. The number of pyridine rings is 2. The van der Waals surface area contributed by atoms with Crippen LogP contribution in [-0.2, 0) is 30.6 Å². The van der Waals surface area contributed by atoms with Crippen LogP contribution in [0, 0.1) is 0 Å². The number of anilines is 2. The third kappa shape index (κ3) is 6.80. The average Bonchev–Trinajstić information content (AvgIpc) is 3.46. The second kappa shape index (κ2) is 13.1. The number of aliphatic carboxylic acids is 2. The summed E-state index contributed by atoms with van der Waals surface area (Å²) in [5, 5.41) is 38.8. The first kappa shape index (κ1) is 33.5. The number of nitrogens with one attached hydrogen (secondary N) is 3. The maximum absolute atomic E-state index is 13.2. The molecule has 0 bridgehead atoms. The number of hydrogen-bond donors (Lipinski definition) is 6. The van der Waals surface area contributed by atoms with Crippen LogP contribution in [0.15, 0.2) is 58.0 Å². The van der Waals surface area contributed by atoms with Crippen molar-refractivity contribution in [3.8, 4) is 5.75 Å². The molecule has 48 heavy (non-hydrogen) atoms. The molecular formula is C27H25N9O10S2. The fourth-order valence-electron chi connectivity index (χ4n) is 4.42. The van der Waals surface area contributed by atoms with Gasteiger partial charge in [-0.15, -0.1) is 11.8 Å². The largest absolute Gasteiger partial charge is 0.543 e. The van der Waals surface area contributed by atoms with Gasteiger partial charge in [0.25, 0.3) is 17.7 Å². The van der Waals surface area contributed by atoms with E-state index in [9.17, 15) is 44.1 Å². The molecule has 5 heterocycles. The molecule has 5 rings (SSSR count). The average molecular weight is 700 g/mol. The second-order valence-corrected chi connectivity index (χ2v) is 12.6. The van der Waals surface area contributed by atoms with Crippen molar-refractivity contribution in [3.63, 3.8) is 0 Å². The molecule has 2 aliphatic heterocycles. The molecule has 3 aromatic rings. The van der Waals surface area contributed by atoms with Gasteiger partial charge in [-0.2, -0.15) is 13.9 Å². The van der Waals surface area contributed by atoms with Crippen molar-refractivity contribution < 1.29 is 48.7 Å². The molecular weight excluding hydrogens is 674 g/mol. The smallest absolute Gasteiger partial charge is 0.350 e. The molecule has 0 unspecified atom stereocenters. The van der Waals surface area contributed by atoms with E-state index in [-0.39, 0.29) is 34.6 Å². The molecule has 0 saturated carbocycles. The van der Waals surface area contributed by atoms with Crippen molar-refractivity contribution in [1.29, 1.82) is 0 Å². The van der Waals surface area contributed by atoms with E-state index in [0.29, 0.717) is 11.3 Å². The zero-order valence-corrected chi connectivity index (χ0v) is 26.5. The zero-order chi connectivity index (χ0) is 34.9. The van der Waals surface area contributed by atoms with Crippen LogP contribution in [0.2, 0.25) is 0 Å². The minimum atomic E-state index is -1.84. The molecule has 1 fully saturated rings. The molecule has 0 aliphatic carbocycles. The van der Waals surface area contributed by atoms with Crippen molar-refractivity contribution >= 4 is 69.5 Å². The number of rotatable bonds is 11. The van der Waals surface area contributed by atoms with Crippen LogP contribution in [0.4, 0.5) is 10.8 Å². The maximum atomic E-state index is 13.2. The minimum absolute atomic E-state index is 0.0198. The number of aromatic amines is 1. The number of nitrogens with two attached hydrogens (primary N) is 1. The highest BCUT2D eigenvalue weighted by molar-refractivity contribution is 8.00. The van der Waals surface area contributed by atoms with Gasteiger partial charge in [-0.05, 0) is 19.9 Å². The number of hydrogen-bond acceptors (Lipinski definition) is 15. The standard InChI is InChI=1S/C27H25N9O10S2/c1-27(2,25(44)45)46-33-16(19-32-26(28)48-34-19)21(40)31-17-22(41)36-18(24(42)43)11(10-47-23(17)36)8-35-5-3-4-12(9-35)30-20(39)13-6-14(37)15(38)7-29-13/h3-7,9,17,23H,8,10H2,1-2H3,(H7-,28,29,30,31,32,33,34,37,38,39,40,42,43,44,45)/t17-,23+/m1/s1. The third-order valence-corrected chi connectivity index (χ3v) is 8.78. The molecule has 2 atom stereocenters. The van der Waals surface area contributed by atoms with Gasteiger partial charge in [0.15, 0.2) is 29.8 Å². The van der Waals surface area contributed by atoms with Gasteiger partial charge in [0.2, 0.25) is 22.6 Å². The van der Waals surface area contributed by atoms with Crippen molar-refractivity contribution in [1.82, 2.24) is 24.6 Å². The number of β-lactam (4-membered cyclic amide) rings is 1. The summed E-state index contributed by atoms with van der Waals surface area (Å²) in [4.78, 5) is 86.9. The molecule has 19 nitrogen and oxygen atoms in total.